The van der Waals surface area contributed by atoms with Gasteiger partial charge in [-0.05, 0) is 46.2 Å². The number of hydrogen-bond acceptors (Lipinski definition) is 4. The van der Waals surface area contributed by atoms with Crippen LogP contribution >= 0.6 is 11.6 Å². The smallest absolute Gasteiger partial charge is 0.164 e. The molecule has 0 aliphatic rings. The average Bonchev–Trinajstić information content (AvgIpc) is 3.42. The van der Waals surface area contributed by atoms with Crippen molar-refractivity contribution in [1.82, 2.24) is 15.0 Å². The molecule has 0 aliphatic heterocycles. The van der Waals surface area contributed by atoms with E-state index in [1.54, 1.807) is 0 Å². The molecule has 0 N–H and O–H groups in total. The standard InChI is InChI=1S/C37H22ClN3O/c38-27-19-20-30-33(22-27)42-32-16-8-15-31(34(30)32)37-40-35(26-18-17-23-9-4-5-12-25(23)21-26)39-36(41-37)29-14-7-6-13-28(29)24-10-2-1-3-11-24/h1-22H. The van der Waals surface area contributed by atoms with Gasteiger partial charge in [-0.15, -0.1) is 0 Å². The first kappa shape index (κ1) is 24.5. The molecule has 2 aromatic heterocycles. The lowest BCUT2D eigenvalue weighted by molar-refractivity contribution is 0.669. The molecule has 0 amide bonds. The molecule has 42 heavy (non-hydrogen) atoms. The lowest BCUT2D eigenvalue weighted by Gasteiger charge is -2.12. The summed E-state index contributed by atoms with van der Waals surface area (Å²) < 4.78 is 6.19. The number of nitrogens with zero attached hydrogens (tertiary/aromatic N) is 3. The number of fused-ring (bicyclic) bond motifs is 4. The first-order valence-corrected chi connectivity index (χ1v) is 14.1. The van der Waals surface area contributed by atoms with Gasteiger partial charge < -0.3 is 4.42 Å². The highest BCUT2D eigenvalue weighted by Crippen LogP contribution is 2.38. The van der Waals surface area contributed by atoms with Gasteiger partial charge in [0.15, 0.2) is 17.5 Å². The molecular formula is C37H22ClN3O. The number of aromatic nitrogens is 3. The molecule has 4 nitrogen and oxygen atoms in total. The maximum absolute atomic E-state index is 6.29. The van der Waals surface area contributed by atoms with Gasteiger partial charge in [-0.1, -0.05) is 115 Å². The Morgan fingerprint density at radius 1 is 0.452 bits per heavy atom. The number of benzene rings is 6. The molecule has 0 saturated carbocycles. The third-order valence-corrected chi connectivity index (χ3v) is 7.83. The molecule has 5 heteroatoms. The van der Waals surface area contributed by atoms with Crippen LogP contribution in [0.2, 0.25) is 5.02 Å². The lowest BCUT2D eigenvalue weighted by atomic mass is 9.99. The van der Waals surface area contributed by atoms with Crippen molar-refractivity contribution in [3.05, 3.63) is 138 Å². The van der Waals surface area contributed by atoms with Gasteiger partial charge in [0.1, 0.15) is 11.2 Å². The van der Waals surface area contributed by atoms with Gasteiger partial charge in [0.25, 0.3) is 0 Å². The van der Waals surface area contributed by atoms with Gasteiger partial charge in [-0.3, -0.25) is 0 Å². The second-order valence-electron chi connectivity index (χ2n) is 10.2. The van der Waals surface area contributed by atoms with E-state index in [1.807, 2.05) is 78.9 Å². The van der Waals surface area contributed by atoms with Gasteiger partial charge in [0.05, 0.1) is 0 Å². The summed E-state index contributed by atoms with van der Waals surface area (Å²) in [6.07, 6.45) is 0. The second-order valence-corrected chi connectivity index (χ2v) is 10.6. The third kappa shape index (κ3) is 4.21. The summed E-state index contributed by atoms with van der Waals surface area (Å²) in [5.41, 5.74) is 6.36. The predicted molar refractivity (Wildman–Crippen MR) is 171 cm³/mol. The van der Waals surface area contributed by atoms with Crippen molar-refractivity contribution in [2.75, 3.05) is 0 Å². The Balaban J connectivity index is 1.41. The van der Waals surface area contributed by atoms with Crippen LogP contribution < -0.4 is 0 Å². The van der Waals surface area contributed by atoms with Gasteiger partial charge in [0, 0.05) is 38.6 Å². The minimum absolute atomic E-state index is 0.578. The highest BCUT2D eigenvalue weighted by molar-refractivity contribution is 6.31. The first-order chi connectivity index (χ1) is 20.7. The zero-order chi connectivity index (χ0) is 28.0. The van der Waals surface area contributed by atoms with Crippen molar-refractivity contribution < 1.29 is 4.42 Å². The summed E-state index contributed by atoms with van der Waals surface area (Å²) in [5.74, 6) is 1.79. The molecule has 0 atom stereocenters. The molecule has 0 fully saturated rings. The Hall–Kier alpha value is -5.32. The predicted octanol–water partition coefficient (Wildman–Crippen LogP) is 10.2. The molecule has 0 unspecified atom stereocenters. The Kier molecular flexibility index (Phi) is 5.80. The Morgan fingerprint density at radius 3 is 2.00 bits per heavy atom. The van der Waals surface area contributed by atoms with E-state index in [0.717, 1.165) is 55.1 Å². The second kappa shape index (κ2) is 9.95. The SMILES string of the molecule is Clc1ccc2c(c1)oc1cccc(-c3nc(-c4ccc5ccccc5c4)nc(-c4ccccc4-c4ccccc4)n3)c12. The quantitative estimate of drug-likeness (QED) is 0.215. The van der Waals surface area contributed by atoms with Crippen LogP contribution in [0.15, 0.2) is 138 Å². The van der Waals surface area contributed by atoms with Gasteiger partial charge >= 0.3 is 0 Å². The number of furan rings is 1. The topological polar surface area (TPSA) is 51.8 Å². The van der Waals surface area contributed by atoms with E-state index in [9.17, 15) is 0 Å². The van der Waals surface area contributed by atoms with E-state index in [0.29, 0.717) is 22.5 Å². The van der Waals surface area contributed by atoms with Crippen LogP contribution in [0.5, 0.6) is 0 Å². The molecule has 8 rings (SSSR count). The molecule has 6 aromatic carbocycles. The summed E-state index contributed by atoms with van der Waals surface area (Å²) in [4.78, 5) is 15.3. The van der Waals surface area contributed by atoms with Crippen molar-refractivity contribution in [3.63, 3.8) is 0 Å². The van der Waals surface area contributed by atoms with Crippen LogP contribution in [0, 0.1) is 0 Å². The van der Waals surface area contributed by atoms with Crippen molar-refractivity contribution in [2.45, 2.75) is 0 Å². The number of rotatable bonds is 4. The monoisotopic (exact) mass is 559 g/mol. The van der Waals surface area contributed by atoms with Gasteiger partial charge in [-0.25, -0.2) is 15.0 Å². The van der Waals surface area contributed by atoms with Crippen molar-refractivity contribution in [2.24, 2.45) is 0 Å². The number of hydrogen-bond donors (Lipinski definition) is 0. The van der Waals surface area contributed by atoms with Crippen molar-refractivity contribution in [1.29, 1.82) is 0 Å². The Bertz CT molecular complexity index is 2270. The normalized spacial score (nSPS) is 11.5. The highest BCUT2D eigenvalue weighted by Gasteiger charge is 2.19. The van der Waals surface area contributed by atoms with Crippen LogP contribution in [-0.2, 0) is 0 Å². The minimum Gasteiger partial charge on any atom is -0.456 e. The summed E-state index contributed by atoms with van der Waals surface area (Å²) in [7, 11) is 0. The van der Waals surface area contributed by atoms with Crippen LogP contribution in [0.4, 0.5) is 0 Å². The maximum atomic E-state index is 6.29. The molecule has 2 heterocycles. The zero-order valence-electron chi connectivity index (χ0n) is 22.3. The van der Waals surface area contributed by atoms with E-state index in [-0.39, 0.29) is 0 Å². The van der Waals surface area contributed by atoms with E-state index >= 15 is 0 Å². The third-order valence-electron chi connectivity index (χ3n) is 7.60. The Morgan fingerprint density at radius 2 is 1.14 bits per heavy atom. The van der Waals surface area contributed by atoms with Crippen LogP contribution in [-0.4, -0.2) is 15.0 Å². The highest BCUT2D eigenvalue weighted by atomic mass is 35.5. The fraction of sp³-hybridized carbons (Fsp3) is 0. The van der Waals surface area contributed by atoms with Gasteiger partial charge in [-0.2, -0.15) is 0 Å². The molecule has 0 radical (unpaired) electrons. The molecular weight excluding hydrogens is 538 g/mol. The summed E-state index contributed by atoms with van der Waals surface area (Å²) in [5, 5.41) is 4.83. The molecule has 198 valence electrons. The van der Waals surface area contributed by atoms with Crippen LogP contribution in [0.1, 0.15) is 0 Å². The van der Waals surface area contributed by atoms with E-state index in [1.165, 1.54) is 5.39 Å². The maximum Gasteiger partial charge on any atom is 0.164 e. The molecule has 0 aliphatic carbocycles. The first-order valence-electron chi connectivity index (χ1n) is 13.7. The van der Waals surface area contributed by atoms with E-state index in [2.05, 4.69) is 54.6 Å². The molecule has 8 aromatic rings. The summed E-state index contributed by atoms with van der Waals surface area (Å²) in [6.45, 7) is 0. The lowest BCUT2D eigenvalue weighted by Crippen LogP contribution is -2.01. The summed E-state index contributed by atoms with van der Waals surface area (Å²) in [6, 6.07) is 44.9. The van der Waals surface area contributed by atoms with Gasteiger partial charge in [0.2, 0.25) is 0 Å². The summed E-state index contributed by atoms with van der Waals surface area (Å²) >= 11 is 6.29. The van der Waals surface area contributed by atoms with E-state index < -0.39 is 0 Å². The van der Waals surface area contributed by atoms with Crippen LogP contribution in [0.3, 0.4) is 0 Å². The van der Waals surface area contributed by atoms with E-state index in [4.69, 9.17) is 31.0 Å². The largest absolute Gasteiger partial charge is 0.456 e. The number of halogens is 1. The van der Waals surface area contributed by atoms with Crippen molar-refractivity contribution in [3.8, 4) is 45.3 Å². The fourth-order valence-electron chi connectivity index (χ4n) is 5.61. The fourth-order valence-corrected chi connectivity index (χ4v) is 5.77. The molecule has 0 saturated heterocycles. The average molecular weight is 560 g/mol. The molecule has 0 spiro atoms. The Labute approximate surface area is 246 Å². The minimum atomic E-state index is 0.578. The van der Waals surface area contributed by atoms with Crippen LogP contribution in [0.25, 0.3) is 78.0 Å². The molecule has 0 bridgehead atoms. The zero-order valence-corrected chi connectivity index (χ0v) is 23.1. The van der Waals surface area contributed by atoms with Crippen molar-refractivity contribution >= 4 is 44.3 Å².